The minimum Gasteiger partial charge on any atom is -0.497 e. The van der Waals surface area contributed by atoms with Gasteiger partial charge in [-0.05, 0) is 58.9 Å². The number of rotatable bonds is 8. The third kappa shape index (κ3) is 4.80. The number of aromatic nitrogens is 3. The standard InChI is InChI=1S/C28H33BN4O6S/c1-18-8-12-21(13-9-18)40(34,35)33-16-22(29-38-27(2,3)28(4,5)39-29)24-25(31-17-32-26(24)33)30-15-19-10-11-20(36-6)14-23(19)37-7/h8-14,16-17H,15H2,1-7H3,(H,30,31,32). The van der Waals surface area contributed by atoms with Crippen LogP contribution in [0, 0.1) is 6.92 Å². The maximum atomic E-state index is 13.8. The summed E-state index contributed by atoms with van der Waals surface area (Å²) >= 11 is 0. The van der Waals surface area contributed by atoms with Gasteiger partial charge in [0.15, 0.2) is 5.65 Å². The summed E-state index contributed by atoms with van der Waals surface area (Å²) < 4.78 is 52.4. The van der Waals surface area contributed by atoms with E-state index in [0.717, 1.165) is 11.1 Å². The van der Waals surface area contributed by atoms with E-state index in [0.29, 0.717) is 34.7 Å². The zero-order valence-corrected chi connectivity index (χ0v) is 24.5. The Balaban J connectivity index is 1.64. The Kier molecular flexibility index (Phi) is 7.05. The lowest BCUT2D eigenvalue weighted by molar-refractivity contribution is 0.00578. The molecule has 40 heavy (non-hydrogen) atoms. The molecule has 2 aromatic carbocycles. The summed E-state index contributed by atoms with van der Waals surface area (Å²) in [6.07, 6.45) is 2.86. The lowest BCUT2D eigenvalue weighted by Crippen LogP contribution is -2.41. The third-order valence-corrected chi connectivity index (χ3v) is 9.27. The maximum absolute atomic E-state index is 13.8. The van der Waals surface area contributed by atoms with Crippen molar-refractivity contribution in [3.05, 3.63) is 66.1 Å². The summed E-state index contributed by atoms with van der Waals surface area (Å²) in [6.45, 7) is 10.0. The zero-order chi connectivity index (χ0) is 28.9. The Bertz CT molecular complexity index is 1650. The highest BCUT2D eigenvalue weighted by atomic mass is 32.2. The Hall–Kier alpha value is -3.61. The summed E-state index contributed by atoms with van der Waals surface area (Å²) in [4.78, 5) is 9.04. The Morgan fingerprint density at radius 3 is 2.27 bits per heavy atom. The van der Waals surface area contributed by atoms with Gasteiger partial charge in [0.2, 0.25) is 0 Å². The van der Waals surface area contributed by atoms with Gasteiger partial charge in [-0.3, -0.25) is 0 Å². The molecule has 210 valence electrons. The normalized spacial score (nSPS) is 16.3. The van der Waals surface area contributed by atoms with Crippen molar-refractivity contribution in [1.82, 2.24) is 13.9 Å². The van der Waals surface area contributed by atoms with Crippen molar-refractivity contribution in [2.24, 2.45) is 0 Å². The number of methoxy groups -OCH3 is 2. The number of hydrogen-bond acceptors (Lipinski definition) is 9. The molecule has 1 N–H and O–H groups in total. The minimum atomic E-state index is -4.00. The van der Waals surface area contributed by atoms with Crippen LogP contribution in [0.15, 0.2) is 59.9 Å². The van der Waals surface area contributed by atoms with E-state index < -0.39 is 28.3 Å². The van der Waals surface area contributed by atoms with Gasteiger partial charge in [0, 0.05) is 29.8 Å². The fourth-order valence-electron chi connectivity index (χ4n) is 4.53. The molecule has 5 rings (SSSR count). The van der Waals surface area contributed by atoms with Gasteiger partial charge in [-0.2, -0.15) is 0 Å². The van der Waals surface area contributed by atoms with Crippen LogP contribution in [0.4, 0.5) is 5.82 Å². The van der Waals surface area contributed by atoms with Crippen LogP contribution in [0.3, 0.4) is 0 Å². The predicted octanol–water partition coefficient (Wildman–Crippen LogP) is 3.91. The molecule has 1 fully saturated rings. The van der Waals surface area contributed by atoms with Gasteiger partial charge in [-0.15, -0.1) is 0 Å². The predicted molar refractivity (Wildman–Crippen MR) is 154 cm³/mol. The second kappa shape index (κ2) is 10.1. The zero-order valence-electron chi connectivity index (χ0n) is 23.7. The average Bonchev–Trinajstić information content (AvgIpc) is 3.42. The van der Waals surface area contributed by atoms with E-state index in [2.05, 4.69) is 15.3 Å². The largest absolute Gasteiger partial charge is 0.497 e. The molecule has 0 radical (unpaired) electrons. The van der Waals surface area contributed by atoms with Gasteiger partial charge < -0.3 is 24.1 Å². The molecule has 1 aliphatic rings. The Labute approximate surface area is 234 Å². The van der Waals surface area contributed by atoms with Gasteiger partial charge in [0.25, 0.3) is 10.0 Å². The highest BCUT2D eigenvalue weighted by Crippen LogP contribution is 2.38. The van der Waals surface area contributed by atoms with Crippen molar-refractivity contribution in [2.75, 3.05) is 19.5 Å². The molecule has 0 amide bonds. The Morgan fingerprint density at radius 1 is 0.975 bits per heavy atom. The molecular formula is C28H33BN4O6S. The number of anilines is 1. The first-order valence-corrected chi connectivity index (χ1v) is 14.3. The highest BCUT2D eigenvalue weighted by Gasteiger charge is 2.53. The van der Waals surface area contributed by atoms with E-state index in [-0.39, 0.29) is 10.5 Å². The molecule has 0 unspecified atom stereocenters. The number of benzene rings is 2. The van der Waals surface area contributed by atoms with E-state index in [1.54, 1.807) is 44.6 Å². The van der Waals surface area contributed by atoms with Crippen molar-refractivity contribution in [1.29, 1.82) is 0 Å². The molecule has 2 aromatic heterocycles. The number of nitrogens with one attached hydrogen (secondary N) is 1. The van der Waals surface area contributed by atoms with Crippen LogP contribution in [-0.4, -0.2) is 54.9 Å². The molecule has 0 spiro atoms. The number of hydrogen-bond donors (Lipinski definition) is 1. The van der Waals surface area contributed by atoms with Crippen molar-refractivity contribution in [3.63, 3.8) is 0 Å². The third-order valence-electron chi connectivity index (χ3n) is 7.61. The number of nitrogens with zero attached hydrogens (tertiary/aromatic N) is 3. The molecule has 10 nitrogen and oxygen atoms in total. The van der Waals surface area contributed by atoms with Gasteiger partial charge in [-0.1, -0.05) is 17.7 Å². The molecule has 0 saturated carbocycles. The van der Waals surface area contributed by atoms with Crippen LogP contribution < -0.4 is 20.3 Å². The second-order valence-corrected chi connectivity index (χ2v) is 12.6. The maximum Gasteiger partial charge on any atom is 0.497 e. The average molecular weight is 564 g/mol. The molecule has 3 heterocycles. The number of ether oxygens (including phenoxy) is 2. The van der Waals surface area contributed by atoms with Crippen molar-refractivity contribution >= 4 is 39.5 Å². The van der Waals surface area contributed by atoms with E-state index >= 15 is 0 Å². The molecule has 0 bridgehead atoms. The van der Waals surface area contributed by atoms with E-state index in [4.69, 9.17) is 18.8 Å². The molecule has 4 aromatic rings. The lowest BCUT2D eigenvalue weighted by atomic mass is 9.79. The summed E-state index contributed by atoms with van der Waals surface area (Å²) in [5.41, 5.74) is 1.26. The first kappa shape index (κ1) is 27.9. The van der Waals surface area contributed by atoms with Crippen molar-refractivity contribution < 1.29 is 27.2 Å². The fraction of sp³-hybridized carbons (Fsp3) is 0.357. The summed E-state index contributed by atoms with van der Waals surface area (Å²) in [7, 11) is -1.66. The van der Waals surface area contributed by atoms with E-state index in [9.17, 15) is 8.42 Å². The first-order valence-electron chi connectivity index (χ1n) is 12.9. The molecule has 1 saturated heterocycles. The summed E-state index contributed by atoms with van der Waals surface area (Å²) in [5, 5.41) is 3.83. The molecule has 0 atom stereocenters. The van der Waals surface area contributed by atoms with Crippen molar-refractivity contribution in [3.8, 4) is 11.5 Å². The van der Waals surface area contributed by atoms with Crippen LogP contribution in [-0.2, 0) is 25.9 Å². The molecule has 1 aliphatic heterocycles. The Morgan fingerprint density at radius 2 is 1.65 bits per heavy atom. The number of aryl methyl sites for hydroxylation is 1. The molecule has 0 aliphatic carbocycles. The SMILES string of the molecule is COc1ccc(CNc2ncnc3c2c(B2OC(C)(C)C(C)(C)O2)cn3S(=O)(=O)c2ccc(C)cc2)c(OC)c1. The smallest absolute Gasteiger partial charge is 0.497 e. The monoisotopic (exact) mass is 564 g/mol. The summed E-state index contributed by atoms with van der Waals surface area (Å²) in [5.74, 6) is 1.75. The van der Waals surface area contributed by atoms with Crippen LogP contribution in [0.1, 0.15) is 38.8 Å². The van der Waals surface area contributed by atoms with E-state index in [1.165, 1.54) is 16.5 Å². The van der Waals surface area contributed by atoms with Crippen molar-refractivity contribution in [2.45, 2.75) is 57.3 Å². The van der Waals surface area contributed by atoms with Gasteiger partial charge in [0.05, 0.1) is 35.7 Å². The lowest BCUT2D eigenvalue weighted by Gasteiger charge is -2.32. The second-order valence-electron chi connectivity index (χ2n) is 10.7. The van der Waals surface area contributed by atoms with Crippen LogP contribution >= 0.6 is 0 Å². The highest BCUT2D eigenvalue weighted by molar-refractivity contribution is 7.90. The van der Waals surface area contributed by atoms with Gasteiger partial charge >= 0.3 is 7.12 Å². The number of fused-ring (bicyclic) bond motifs is 1. The quantitative estimate of drug-likeness (QED) is 0.318. The minimum absolute atomic E-state index is 0.145. The molecule has 12 heteroatoms. The van der Waals surface area contributed by atoms with Gasteiger partial charge in [0.1, 0.15) is 23.6 Å². The molecular weight excluding hydrogens is 531 g/mol. The topological polar surface area (TPSA) is 114 Å². The van der Waals surface area contributed by atoms with E-state index in [1.807, 2.05) is 46.8 Å². The fourth-order valence-corrected chi connectivity index (χ4v) is 5.85. The first-order chi connectivity index (χ1) is 18.9. The van der Waals surface area contributed by atoms with Crippen LogP contribution in [0.2, 0.25) is 0 Å². The van der Waals surface area contributed by atoms with Crippen LogP contribution in [0.25, 0.3) is 11.0 Å². The van der Waals surface area contributed by atoms with Crippen LogP contribution in [0.5, 0.6) is 11.5 Å². The summed E-state index contributed by atoms with van der Waals surface area (Å²) in [6, 6.07) is 12.2. The van der Waals surface area contributed by atoms with Gasteiger partial charge in [-0.25, -0.2) is 22.4 Å².